The number of rotatable bonds is 4. The molecule has 0 radical (unpaired) electrons. The van der Waals surface area contributed by atoms with Crippen LogP contribution in [0.4, 0.5) is 0 Å². The van der Waals surface area contributed by atoms with Crippen LogP contribution >= 0.6 is 15.9 Å². The normalized spacial score (nSPS) is 11.9. The van der Waals surface area contributed by atoms with Gasteiger partial charge in [-0.15, -0.1) is 0 Å². The maximum atomic E-state index is 10.9. The summed E-state index contributed by atoms with van der Waals surface area (Å²) in [7, 11) is 0. The third-order valence-corrected chi connectivity index (χ3v) is 2.32. The van der Waals surface area contributed by atoms with Crippen LogP contribution < -0.4 is 4.74 Å². The number of carboxylic acids is 2. The SMILES string of the molecule is CC(Oc1ccc(Br)cc1C(=O)O)C(=O)O. The molecule has 0 aliphatic carbocycles. The fourth-order valence-electron chi connectivity index (χ4n) is 1.01. The van der Waals surface area contributed by atoms with Crippen LogP contribution in [0.5, 0.6) is 5.75 Å². The molecule has 1 aromatic rings. The Kier molecular flexibility index (Phi) is 3.89. The quantitative estimate of drug-likeness (QED) is 0.885. The van der Waals surface area contributed by atoms with Crippen LogP contribution in [0.15, 0.2) is 22.7 Å². The minimum Gasteiger partial charge on any atom is -0.479 e. The predicted octanol–water partition coefficient (Wildman–Crippen LogP) is 2.00. The topological polar surface area (TPSA) is 83.8 Å². The first kappa shape index (κ1) is 12.5. The van der Waals surface area contributed by atoms with Crippen molar-refractivity contribution in [2.24, 2.45) is 0 Å². The van der Waals surface area contributed by atoms with Gasteiger partial charge in [0, 0.05) is 4.47 Å². The minimum absolute atomic E-state index is 0.0330. The van der Waals surface area contributed by atoms with Crippen molar-refractivity contribution >= 4 is 27.9 Å². The average molecular weight is 289 g/mol. The van der Waals surface area contributed by atoms with E-state index < -0.39 is 18.0 Å². The Balaban J connectivity index is 3.04. The molecule has 0 aliphatic heterocycles. The smallest absolute Gasteiger partial charge is 0.344 e. The number of hydrogen-bond donors (Lipinski definition) is 2. The molecule has 0 saturated carbocycles. The Morgan fingerprint density at radius 2 is 2.00 bits per heavy atom. The van der Waals surface area contributed by atoms with E-state index in [-0.39, 0.29) is 11.3 Å². The highest BCUT2D eigenvalue weighted by Crippen LogP contribution is 2.24. The van der Waals surface area contributed by atoms with Crippen LogP contribution in [-0.2, 0) is 4.79 Å². The molecule has 1 unspecified atom stereocenters. The van der Waals surface area contributed by atoms with Gasteiger partial charge in [0.1, 0.15) is 11.3 Å². The van der Waals surface area contributed by atoms with E-state index in [1.54, 1.807) is 6.07 Å². The molecule has 6 heteroatoms. The van der Waals surface area contributed by atoms with E-state index in [4.69, 9.17) is 14.9 Å². The molecule has 0 aliphatic rings. The second-order valence-electron chi connectivity index (χ2n) is 3.04. The first-order chi connectivity index (χ1) is 7.41. The number of benzene rings is 1. The molecule has 0 bridgehead atoms. The highest BCUT2D eigenvalue weighted by Gasteiger charge is 2.17. The largest absolute Gasteiger partial charge is 0.479 e. The second kappa shape index (κ2) is 4.98. The molecular weight excluding hydrogens is 280 g/mol. The molecule has 0 spiro atoms. The molecule has 0 fully saturated rings. The third-order valence-electron chi connectivity index (χ3n) is 1.82. The Labute approximate surface area is 99.8 Å². The van der Waals surface area contributed by atoms with Gasteiger partial charge < -0.3 is 14.9 Å². The van der Waals surface area contributed by atoms with Crippen molar-refractivity contribution in [3.8, 4) is 5.75 Å². The van der Waals surface area contributed by atoms with Crippen molar-refractivity contribution in [3.05, 3.63) is 28.2 Å². The van der Waals surface area contributed by atoms with Gasteiger partial charge in [0.05, 0.1) is 0 Å². The van der Waals surface area contributed by atoms with E-state index in [9.17, 15) is 9.59 Å². The van der Waals surface area contributed by atoms with Crippen LogP contribution in [0, 0.1) is 0 Å². The van der Waals surface area contributed by atoms with Crippen LogP contribution in [0.1, 0.15) is 17.3 Å². The van der Waals surface area contributed by atoms with Gasteiger partial charge in [-0.1, -0.05) is 15.9 Å². The van der Waals surface area contributed by atoms with Crippen LogP contribution in [-0.4, -0.2) is 28.3 Å². The van der Waals surface area contributed by atoms with E-state index in [1.807, 2.05) is 0 Å². The Morgan fingerprint density at radius 1 is 1.38 bits per heavy atom. The van der Waals surface area contributed by atoms with E-state index in [0.717, 1.165) is 0 Å². The fourth-order valence-corrected chi connectivity index (χ4v) is 1.37. The minimum atomic E-state index is -1.17. The van der Waals surface area contributed by atoms with Crippen molar-refractivity contribution in [1.29, 1.82) is 0 Å². The van der Waals surface area contributed by atoms with E-state index in [0.29, 0.717) is 4.47 Å². The summed E-state index contributed by atoms with van der Waals surface area (Å²) in [6.45, 7) is 1.33. The van der Waals surface area contributed by atoms with Crippen LogP contribution in [0.3, 0.4) is 0 Å². The molecule has 5 nitrogen and oxygen atoms in total. The summed E-state index contributed by atoms with van der Waals surface area (Å²) in [5, 5.41) is 17.5. The average Bonchev–Trinajstić information content (AvgIpc) is 2.20. The molecule has 1 atom stereocenters. The summed E-state index contributed by atoms with van der Waals surface area (Å²) >= 11 is 3.12. The van der Waals surface area contributed by atoms with E-state index in [2.05, 4.69) is 15.9 Å². The number of carboxylic acid groups (broad SMARTS) is 2. The lowest BCUT2D eigenvalue weighted by molar-refractivity contribution is -0.144. The van der Waals surface area contributed by atoms with Gasteiger partial charge in [-0.3, -0.25) is 0 Å². The predicted molar refractivity (Wildman–Crippen MR) is 58.8 cm³/mol. The third kappa shape index (κ3) is 2.96. The standard InChI is InChI=1S/C10H9BrO5/c1-5(9(12)13)16-8-3-2-6(11)4-7(8)10(14)15/h2-5H,1H3,(H,12,13)(H,14,15). The van der Waals surface area contributed by atoms with Gasteiger partial charge in [-0.05, 0) is 25.1 Å². The Hall–Kier alpha value is -1.56. The summed E-state index contributed by atoms with van der Waals surface area (Å²) in [5.41, 5.74) is -0.0810. The summed E-state index contributed by atoms with van der Waals surface area (Å²) in [4.78, 5) is 21.4. The van der Waals surface area contributed by atoms with Crippen LogP contribution in [0.2, 0.25) is 0 Å². The highest BCUT2D eigenvalue weighted by molar-refractivity contribution is 9.10. The van der Waals surface area contributed by atoms with Crippen molar-refractivity contribution in [1.82, 2.24) is 0 Å². The molecule has 0 aromatic heterocycles. The van der Waals surface area contributed by atoms with Crippen molar-refractivity contribution in [2.75, 3.05) is 0 Å². The first-order valence-electron chi connectivity index (χ1n) is 4.34. The summed E-state index contributed by atoms with van der Waals surface area (Å²) in [6, 6.07) is 4.34. The fraction of sp³-hybridized carbons (Fsp3) is 0.200. The molecule has 1 aromatic carbocycles. The van der Waals surface area contributed by atoms with Crippen molar-refractivity contribution in [3.63, 3.8) is 0 Å². The van der Waals surface area contributed by atoms with Gasteiger partial charge in [0.2, 0.25) is 0 Å². The second-order valence-corrected chi connectivity index (χ2v) is 3.96. The zero-order valence-corrected chi connectivity index (χ0v) is 9.89. The van der Waals surface area contributed by atoms with E-state index in [1.165, 1.54) is 19.1 Å². The number of halogens is 1. The number of aromatic carboxylic acids is 1. The molecule has 0 amide bonds. The maximum Gasteiger partial charge on any atom is 0.344 e. The Bertz CT molecular complexity index is 429. The summed E-state index contributed by atoms with van der Waals surface area (Å²) < 4.78 is 5.61. The lowest BCUT2D eigenvalue weighted by Crippen LogP contribution is -2.23. The van der Waals surface area contributed by atoms with Crippen molar-refractivity contribution < 1.29 is 24.5 Å². The molecule has 0 saturated heterocycles. The summed E-state index contributed by atoms with van der Waals surface area (Å²) in [5.74, 6) is -2.29. The number of hydrogen-bond acceptors (Lipinski definition) is 3. The van der Waals surface area contributed by atoms with E-state index >= 15 is 0 Å². The zero-order valence-electron chi connectivity index (χ0n) is 8.31. The van der Waals surface area contributed by atoms with Crippen LogP contribution in [0.25, 0.3) is 0 Å². The number of carbonyl (C=O) groups is 2. The number of aliphatic carboxylic acids is 1. The van der Waals surface area contributed by atoms with Gasteiger partial charge in [0.15, 0.2) is 6.10 Å². The monoisotopic (exact) mass is 288 g/mol. The molecule has 16 heavy (non-hydrogen) atoms. The highest BCUT2D eigenvalue weighted by atomic mass is 79.9. The molecule has 0 heterocycles. The van der Waals surface area contributed by atoms with Gasteiger partial charge in [0.25, 0.3) is 0 Å². The van der Waals surface area contributed by atoms with Gasteiger partial charge in [-0.25, -0.2) is 9.59 Å². The maximum absolute atomic E-state index is 10.9. The zero-order chi connectivity index (χ0) is 12.3. The lowest BCUT2D eigenvalue weighted by Gasteiger charge is -2.12. The first-order valence-corrected chi connectivity index (χ1v) is 5.13. The molecule has 86 valence electrons. The molecule has 2 N–H and O–H groups in total. The lowest BCUT2D eigenvalue weighted by atomic mass is 10.2. The van der Waals surface area contributed by atoms with Gasteiger partial charge in [-0.2, -0.15) is 0 Å². The Morgan fingerprint density at radius 3 is 2.50 bits per heavy atom. The molecule has 1 rings (SSSR count). The number of ether oxygens (including phenoxy) is 1. The van der Waals surface area contributed by atoms with Crippen molar-refractivity contribution in [2.45, 2.75) is 13.0 Å². The molecular formula is C10H9BrO5. The van der Waals surface area contributed by atoms with Gasteiger partial charge >= 0.3 is 11.9 Å². The summed E-state index contributed by atoms with van der Waals surface area (Å²) in [6.07, 6.45) is -1.10.